The quantitative estimate of drug-likeness (QED) is 0.177. The number of nitrogens with one attached hydrogen (secondary N) is 4. The third-order valence-electron chi connectivity index (χ3n) is 12.7. The largest absolute Gasteiger partial charge is 0.367 e. The van der Waals surface area contributed by atoms with Crippen LogP contribution in [0.3, 0.4) is 0 Å². The Balaban J connectivity index is -0.00000512. The Labute approximate surface area is 469 Å². The van der Waals surface area contributed by atoms with Gasteiger partial charge in [0, 0.05) is 12.8 Å². The van der Waals surface area contributed by atoms with E-state index >= 15 is 0 Å². The van der Waals surface area contributed by atoms with Crippen LogP contribution in [-0.4, -0.2) is 117 Å². The predicted octanol–water partition coefficient (Wildman–Crippen LogP) is 5.57. The summed E-state index contributed by atoms with van der Waals surface area (Å²) < 4.78 is 0. The fourth-order valence-corrected chi connectivity index (χ4v) is 12.6. The minimum absolute atomic E-state index is 0. The highest BCUT2D eigenvalue weighted by atomic mass is 32.2. The average molecular weight is 1140 g/mol. The van der Waals surface area contributed by atoms with Gasteiger partial charge in [0.25, 0.3) is 0 Å². The van der Waals surface area contributed by atoms with E-state index in [4.69, 9.17) is 12.2 Å². The predicted molar refractivity (Wildman–Crippen MR) is 324 cm³/mol. The summed E-state index contributed by atoms with van der Waals surface area (Å²) in [4.78, 5) is 73.0. The molecule has 4 aliphatic heterocycles. The second kappa shape index (κ2) is 30.5. The van der Waals surface area contributed by atoms with Gasteiger partial charge in [0.05, 0.1) is 39.9 Å². The van der Waals surface area contributed by atoms with Crippen molar-refractivity contribution in [3.8, 4) is 0 Å². The van der Waals surface area contributed by atoms with Gasteiger partial charge in [0.2, 0.25) is 17.7 Å². The summed E-state index contributed by atoms with van der Waals surface area (Å²) >= 11 is 9.04. The minimum Gasteiger partial charge on any atom is -0.367 e. The molecule has 0 radical (unpaired) electrons. The number of carbonyl (C=O) groups is 5. The summed E-state index contributed by atoms with van der Waals surface area (Å²) in [7, 11) is 3.55. The number of hydrogen-bond donors (Lipinski definition) is 4. The third kappa shape index (κ3) is 16.8. The van der Waals surface area contributed by atoms with Gasteiger partial charge >= 0.3 is 0 Å². The molecule has 2 aromatic carbocycles. The molecule has 4 saturated heterocycles. The Hall–Kier alpha value is -0.500. The van der Waals surface area contributed by atoms with Crippen molar-refractivity contribution in [2.24, 2.45) is 10.8 Å². The fourth-order valence-electron chi connectivity index (χ4n) is 9.16. The Morgan fingerprint density at radius 3 is 1.31 bits per heavy atom. The standard InChI is InChI=1S/C45H62N6O5S3.8H2S/c1-26(46-7)40(54)48-32-17-19-58-36-24-44(3,4)38(50(36)42(32)55)34(52)22-30-13-9-28(10-14-30)21-29-11-15-31(16-12-29)23-35(53)39-45(5,6)25-37-51(39)43(56)33(18-20-59-37)49-41(57)27(2)47-8;;;;;;;;/h9-16,26-27,32-33,36-39,46-47H,17-25H2,1-8H3,(H,48,54)(H,49,57);8*1H2/t26-,27-,32-,33-,36-,37-,38+,39+;;;;;;;;/m0......../s1. The van der Waals surface area contributed by atoms with Gasteiger partial charge in [-0.3, -0.25) is 24.0 Å². The van der Waals surface area contributed by atoms with Crippen LogP contribution >= 0.6 is 144 Å². The van der Waals surface area contributed by atoms with Crippen molar-refractivity contribution in [2.75, 3.05) is 25.6 Å². The van der Waals surface area contributed by atoms with Crippen LogP contribution in [0.4, 0.5) is 0 Å². The molecule has 2 aromatic rings. The van der Waals surface area contributed by atoms with Gasteiger partial charge in [-0.15, -0.1) is 23.5 Å². The van der Waals surface area contributed by atoms with E-state index in [-0.39, 0.29) is 172 Å². The number of fused-ring (bicyclic) bond motifs is 2. The van der Waals surface area contributed by atoms with Crippen molar-refractivity contribution in [1.82, 2.24) is 31.1 Å². The van der Waals surface area contributed by atoms with Crippen LogP contribution in [0.5, 0.6) is 0 Å². The highest BCUT2D eigenvalue weighted by molar-refractivity contribution is 8.00. The molecule has 0 spiro atoms. The van der Waals surface area contributed by atoms with Crippen molar-refractivity contribution in [1.29, 1.82) is 0 Å². The molecular formula is C45H78N6O5S11. The first-order valence-corrected chi connectivity index (χ1v) is 23.5. The van der Waals surface area contributed by atoms with E-state index in [1.54, 1.807) is 42.4 Å². The molecule has 4 aliphatic rings. The lowest BCUT2D eigenvalue weighted by molar-refractivity contribution is -0.142. The number of Topliss-reactive ketones (excluding diaryl/α,β-unsaturated/α-hetero) is 2. The number of thiocarbonyl (C=S) groups is 1. The van der Waals surface area contributed by atoms with Crippen molar-refractivity contribution >= 4 is 178 Å². The molecule has 0 bridgehead atoms. The van der Waals surface area contributed by atoms with Gasteiger partial charge in [0.15, 0.2) is 11.6 Å². The normalized spacial score (nSPS) is 23.9. The van der Waals surface area contributed by atoms with Crippen molar-refractivity contribution in [3.63, 3.8) is 0 Å². The van der Waals surface area contributed by atoms with E-state index < -0.39 is 35.6 Å². The highest BCUT2D eigenvalue weighted by Gasteiger charge is 2.55. The zero-order chi connectivity index (χ0) is 42.8. The molecule has 4 heterocycles. The van der Waals surface area contributed by atoms with Gasteiger partial charge in [-0.1, -0.05) is 88.4 Å². The van der Waals surface area contributed by atoms with Gasteiger partial charge in [0.1, 0.15) is 12.1 Å². The molecule has 3 amide bonds. The van der Waals surface area contributed by atoms with E-state index in [9.17, 15) is 24.0 Å². The lowest BCUT2D eigenvalue weighted by Crippen LogP contribution is -2.56. The number of amides is 3. The molecule has 0 saturated carbocycles. The molecule has 6 rings (SSSR count). The van der Waals surface area contributed by atoms with E-state index in [1.807, 2.05) is 55.3 Å². The Bertz CT molecular complexity index is 1800. The van der Waals surface area contributed by atoms with Crippen molar-refractivity contribution in [3.05, 3.63) is 70.8 Å². The summed E-state index contributed by atoms with van der Waals surface area (Å²) in [5.41, 5.74) is 3.26. The van der Waals surface area contributed by atoms with Crippen LogP contribution in [0, 0.1) is 10.8 Å². The molecule has 0 aliphatic carbocycles. The first-order chi connectivity index (χ1) is 27.9. The van der Waals surface area contributed by atoms with Crippen LogP contribution in [0.25, 0.3) is 0 Å². The number of ketones is 2. The van der Waals surface area contributed by atoms with E-state index in [0.717, 1.165) is 46.6 Å². The Kier molecular flexibility index (Phi) is 32.2. The van der Waals surface area contributed by atoms with Crippen LogP contribution in [0.15, 0.2) is 48.5 Å². The lowest BCUT2D eigenvalue weighted by atomic mass is 9.81. The van der Waals surface area contributed by atoms with Gasteiger partial charge in [-0.05, 0) is 105 Å². The number of benzene rings is 2. The summed E-state index contributed by atoms with van der Waals surface area (Å²) in [6.45, 7) is 12.1. The smallest absolute Gasteiger partial charge is 0.246 e. The Morgan fingerprint density at radius 2 is 0.955 bits per heavy atom. The number of hydrogen-bond acceptors (Lipinski definition) is 10. The molecular weight excluding hydrogens is 1060 g/mol. The number of thioether (sulfide) groups is 2. The molecule has 11 nitrogen and oxygen atoms in total. The average Bonchev–Trinajstić information content (AvgIpc) is 3.51. The molecule has 384 valence electrons. The number of carbonyl (C=O) groups excluding carboxylic acids is 5. The fraction of sp³-hybridized carbons (Fsp3) is 0.600. The molecule has 0 unspecified atom stereocenters. The van der Waals surface area contributed by atoms with Crippen molar-refractivity contribution in [2.45, 2.75) is 133 Å². The molecule has 0 aromatic heterocycles. The molecule has 4 fully saturated rings. The van der Waals surface area contributed by atoms with Crippen LogP contribution in [0.1, 0.15) is 89.5 Å². The number of rotatable bonds is 14. The maximum Gasteiger partial charge on any atom is 0.246 e. The molecule has 8 atom stereocenters. The van der Waals surface area contributed by atoms with Gasteiger partial charge < -0.3 is 31.1 Å². The maximum atomic E-state index is 14.1. The van der Waals surface area contributed by atoms with Gasteiger partial charge in [-0.25, -0.2) is 0 Å². The second-order valence-electron chi connectivity index (χ2n) is 18.1. The second-order valence-corrected chi connectivity index (χ2v) is 21.2. The van der Waals surface area contributed by atoms with Gasteiger partial charge in [-0.2, -0.15) is 108 Å². The maximum absolute atomic E-state index is 14.1. The lowest BCUT2D eigenvalue weighted by Gasteiger charge is -2.34. The Morgan fingerprint density at radius 1 is 0.612 bits per heavy atom. The summed E-state index contributed by atoms with van der Waals surface area (Å²) in [6, 6.07) is 13.5. The molecule has 22 heteroatoms. The highest BCUT2D eigenvalue weighted by Crippen LogP contribution is 2.48. The van der Waals surface area contributed by atoms with Crippen LogP contribution in [-0.2, 0) is 43.2 Å². The molecule has 4 N–H and O–H groups in total. The third-order valence-corrected chi connectivity index (χ3v) is 15.7. The van der Waals surface area contributed by atoms with E-state index in [2.05, 4.69) is 61.1 Å². The monoisotopic (exact) mass is 1130 g/mol. The van der Waals surface area contributed by atoms with Crippen molar-refractivity contribution < 1.29 is 24.0 Å². The first-order valence-electron chi connectivity index (χ1n) is 21.0. The zero-order valence-corrected chi connectivity index (χ0v) is 50.2. The van der Waals surface area contributed by atoms with Crippen LogP contribution in [0.2, 0.25) is 0 Å². The number of nitrogens with zero attached hydrogens (tertiary/aromatic N) is 2. The van der Waals surface area contributed by atoms with E-state index in [1.165, 1.54) is 0 Å². The topological polar surface area (TPSA) is 140 Å². The van der Waals surface area contributed by atoms with Crippen LogP contribution < -0.4 is 21.3 Å². The summed E-state index contributed by atoms with van der Waals surface area (Å²) in [5, 5.41) is 12.2. The minimum atomic E-state index is -0.654. The molecule has 67 heavy (non-hydrogen) atoms. The summed E-state index contributed by atoms with van der Waals surface area (Å²) in [5.74, 6) is 1.18. The van der Waals surface area contributed by atoms with E-state index in [0.29, 0.717) is 24.3 Å². The summed E-state index contributed by atoms with van der Waals surface area (Å²) in [6.07, 6.45) is 3.84. The number of likely N-dealkylation sites (N-methyl/N-ethyl adjacent to an activating group) is 2. The zero-order valence-electron chi connectivity index (χ0n) is 39.8. The first kappa shape index (κ1) is 70.8. The SMILES string of the molecule is CN[C@@H](C)C(=O)N[C@H]1CCS[C@H]2CC(C)(C)[C@@H](C(=O)Cc3ccc(Cc4ccc(CC(=O)[C@H]5N6C(=O)[C@@H](NC(=S)[C@H](C)NC)CCS[C@H]6CC5(C)C)cc4)cc3)N2C1=O.S.S.S.S.S.S.S.S.